The zero-order valence-electron chi connectivity index (χ0n) is 12.1. The van der Waals surface area contributed by atoms with Crippen molar-refractivity contribution < 1.29 is 0 Å². The van der Waals surface area contributed by atoms with Crippen LogP contribution in [0.3, 0.4) is 0 Å². The third kappa shape index (κ3) is 3.58. The van der Waals surface area contributed by atoms with Gasteiger partial charge >= 0.3 is 0 Å². The molecule has 0 fully saturated rings. The van der Waals surface area contributed by atoms with Gasteiger partial charge in [0.2, 0.25) is 0 Å². The van der Waals surface area contributed by atoms with Crippen molar-refractivity contribution in [1.82, 2.24) is 5.32 Å². The molecule has 2 N–H and O–H groups in total. The molecule has 0 aliphatic carbocycles. The molecule has 0 aromatic heterocycles. The predicted molar refractivity (Wildman–Crippen MR) is 90.1 cm³/mol. The summed E-state index contributed by atoms with van der Waals surface area (Å²) in [5.74, 6) is 0. The lowest BCUT2D eigenvalue weighted by Gasteiger charge is -2.19. The van der Waals surface area contributed by atoms with Crippen LogP contribution in [0.15, 0.2) is 48.5 Å². The smallest absolute Gasteiger partial charge is 0.171 e. The van der Waals surface area contributed by atoms with Crippen LogP contribution in [0, 0.1) is 13.8 Å². The zero-order chi connectivity index (χ0) is 14.5. The van der Waals surface area contributed by atoms with Gasteiger partial charge in [-0.2, -0.15) is 0 Å². The first-order chi connectivity index (χ1) is 9.58. The standard InChI is InChI=1S/C17H20N2S/c1-12-8-7-9-13(2)16(12)19-17(20)18-14(3)15-10-5-4-6-11-15/h4-11,14H,1-3H3,(H2,18,19,20)/t14-/m1/s1. The van der Waals surface area contributed by atoms with Crippen molar-refractivity contribution in [2.24, 2.45) is 0 Å². The third-order valence-electron chi connectivity index (χ3n) is 3.37. The van der Waals surface area contributed by atoms with Crippen molar-refractivity contribution in [2.75, 3.05) is 5.32 Å². The molecule has 20 heavy (non-hydrogen) atoms. The van der Waals surface area contributed by atoms with E-state index in [1.165, 1.54) is 16.7 Å². The largest absolute Gasteiger partial charge is 0.356 e. The summed E-state index contributed by atoms with van der Waals surface area (Å²) in [6.07, 6.45) is 0. The Labute approximate surface area is 126 Å². The summed E-state index contributed by atoms with van der Waals surface area (Å²) < 4.78 is 0. The highest BCUT2D eigenvalue weighted by Crippen LogP contribution is 2.19. The SMILES string of the molecule is Cc1cccc(C)c1NC(=S)N[C@H](C)c1ccccc1. The topological polar surface area (TPSA) is 24.1 Å². The number of nitrogens with one attached hydrogen (secondary N) is 2. The van der Waals surface area contributed by atoms with E-state index >= 15 is 0 Å². The van der Waals surface area contributed by atoms with E-state index in [0.717, 1.165) is 5.69 Å². The minimum absolute atomic E-state index is 0.181. The number of para-hydroxylation sites is 1. The lowest BCUT2D eigenvalue weighted by molar-refractivity contribution is 0.722. The molecule has 0 radical (unpaired) electrons. The normalized spacial score (nSPS) is 11.8. The molecule has 0 bridgehead atoms. The summed E-state index contributed by atoms with van der Waals surface area (Å²) >= 11 is 5.41. The summed E-state index contributed by atoms with van der Waals surface area (Å²) in [6.45, 7) is 6.27. The van der Waals surface area contributed by atoms with E-state index in [9.17, 15) is 0 Å². The summed E-state index contributed by atoms with van der Waals surface area (Å²) in [7, 11) is 0. The van der Waals surface area contributed by atoms with Gasteiger partial charge in [0.1, 0.15) is 0 Å². The molecule has 1 atom stereocenters. The molecule has 2 aromatic rings. The van der Waals surface area contributed by atoms with Gasteiger partial charge in [-0.25, -0.2) is 0 Å². The second kappa shape index (κ2) is 6.53. The predicted octanol–water partition coefficient (Wildman–Crippen LogP) is 4.35. The lowest BCUT2D eigenvalue weighted by Crippen LogP contribution is -2.31. The summed E-state index contributed by atoms with van der Waals surface area (Å²) in [5.41, 5.74) is 4.70. The fourth-order valence-corrected chi connectivity index (χ4v) is 2.46. The van der Waals surface area contributed by atoms with Crippen molar-refractivity contribution in [3.8, 4) is 0 Å². The minimum atomic E-state index is 0.181. The minimum Gasteiger partial charge on any atom is -0.356 e. The van der Waals surface area contributed by atoms with Gasteiger partial charge in [-0.1, -0.05) is 48.5 Å². The first-order valence-corrected chi connectivity index (χ1v) is 7.17. The van der Waals surface area contributed by atoms with Crippen molar-refractivity contribution >= 4 is 23.0 Å². The Balaban J connectivity index is 2.03. The van der Waals surface area contributed by atoms with Crippen LogP contribution in [0.25, 0.3) is 0 Å². The van der Waals surface area contributed by atoms with Gasteiger partial charge < -0.3 is 10.6 Å². The summed E-state index contributed by atoms with van der Waals surface area (Å²) in [4.78, 5) is 0. The van der Waals surface area contributed by atoms with Crippen LogP contribution in [0.2, 0.25) is 0 Å². The number of benzene rings is 2. The van der Waals surface area contributed by atoms with Gasteiger partial charge in [-0.05, 0) is 49.7 Å². The van der Waals surface area contributed by atoms with Crippen LogP contribution >= 0.6 is 12.2 Å². The van der Waals surface area contributed by atoms with Crippen LogP contribution in [0.4, 0.5) is 5.69 Å². The Morgan fingerprint density at radius 3 is 2.15 bits per heavy atom. The second-order valence-corrected chi connectivity index (χ2v) is 5.41. The van der Waals surface area contributed by atoms with Crippen LogP contribution in [-0.2, 0) is 0 Å². The first-order valence-electron chi connectivity index (χ1n) is 6.76. The highest BCUT2D eigenvalue weighted by atomic mass is 32.1. The molecule has 0 amide bonds. The summed E-state index contributed by atoms with van der Waals surface area (Å²) in [6, 6.07) is 16.7. The number of rotatable bonds is 3. The molecular formula is C17H20N2S. The highest BCUT2D eigenvalue weighted by Gasteiger charge is 2.08. The monoisotopic (exact) mass is 284 g/mol. The lowest BCUT2D eigenvalue weighted by atomic mass is 10.1. The molecule has 0 aliphatic heterocycles. The number of hydrogen-bond donors (Lipinski definition) is 2. The zero-order valence-corrected chi connectivity index (χ0v) is 12.9. The van der Waals surface area contributed by atoms with Crippen molar-refractivity contribution in [3.05, 3.63) is 65.2 Å². The van der Waals surface area contributed by atoms with Crippen LogP contribution < -0.4 is 10.6 Å². The molecule has 0 saturated heterocycles. The van der Waals surface area contributed by atoms with E-state index < -0.39 is 0 Å². The number of anilines is 1. The van der Waals surface area contributed by atoms with E-state index in [4.69, 9.17) is 12.2 Å². The third-order valence-corrected chi connectivity index (χ3v) is 3.59. The Morgan fingerprint density at radius 1 is 0.950 bits per heavy atom. The quantitative estimate of drug-likeness (QED) is 0.819. The number of hydrogen-bond acceptors (Lipinski definition) is 1. The van der Waals surface area contributed by atoms with E-state index in [1.807, 2.05) is 18.2 Å². The Kier molecular flexibility index (Phi) is 4.74. The Bertz CT molecular complexity index is 573. The molecule has 3 heteroatoms. The Hall–Kier alpha value is -1.87. The maximum absolute atomic E-state index is 5.41. The average molecular weight is 284 g/mol. The maximum Gasteiger partial charge on any atom is 0.171 e. The molecule has 2 rings (SSSR count). The van der Waals surface area contributed by atoms with Crippen molar-refractivity contribution in [3.63, 3.8) is 0 Å². The van der Waals surface area contributed by atoms with Gasteiger partial charge in [0, 0.05) is 5.69 Å². The molecule has 0 heterocycles. The molecule has 0 unspecified atom stereocenters. The molecule has 104 valence electrons. The maximum atomic E-state index is 5.41. The van der Waals surface area contributed by atoms with Gasteiger partial charge in [-0.15, -0.1) is 0 Å². The molecular weight excluding hydrogens is 264 g/mol. The van der Waals surface area contributed by atoms with Gasteiger partial charge in [-0.3, -0.25) is 0 Å². The fraction of sp³-hybridized carbons (Fsp3) is 0.235. The first kappa shape index (κ1) is 14.5. The van der Waals surface area contributed by atoms with Gasteiger partial charge in [0.05, 0.1) is 6.04 Å². The highest BCUT2D eigenvalue weighted by molar-refractivity contribution is 7.80. The average Bonchev–Trinajstić information content (AvgIpc) is 2.44. The van der Waals surface area contributed by atoms with Crippen LogP contribution in [0.1, 0.15) is 29.7 Å². The van der Waals surface area contributed by atoms with Crippen molar-refractivity contribution in [2.45, 2.75) is 26.8 Å². The molecule has 2 aromatic carbocycles. The number of thiocarbonyl (C=S) groups is 1. The van der Waals surface area contributed by atoms with E-state index in [2.05, 4.69) is 61.7 Å². The molecule has 0 spiro atoms. The van der Waals surface area contributed by atoms with Gasteiger partial charge in [0.25, 0.3) is 0 Å². The fourth-order valence-electron chi connectivity index (χ4n) is 2.18. The Morgan fingerprint density at radius 2 is 1.55 bits per heavy atom. The summed E-state index contributed by atoms with van der Waals surface area (Å²) in [5, 5.41) is 7.27. The van der Waals surface area contributed by atoms with Crippen LogP contribution in [0.5, 0.6) is 0 Å². The van der Waals surface area contributed by atoms with E-state index in [-0.39, 0.29) is 6.04 Å². The van der Waals surface area contributed by atoms with E-state index in [0.29, 0.717) is 5.11 Å². The van der Waals surface area contributed by atoms with Crippen molar-refractivity contribution in [1.29, 1.82) is 0 Å². The van der Waals surface area contributed by atoms with Crippen LogP contribution in [-0.4, -0.2) is 5.11 Å². The molecule has 0 saturated carbocycles. The molecule has 0 aliphatic rings. The molecule has 2 nitrogen and oxygen atoms in total. The van der Waals surface area contributed by atoms with Gasteiger partial charge in [0.15, 0.2) is 5.11 Å². The van der Waals surface area contributed by atoms with E-state index in [1.54, 1.807) is 0 Å². The second-order valence-electron chi connectivity index (χ2n) is 5.00. The number of aryl methyl sites for hydroxylation is 2.